The molecule has 0 aromatic carbocycles. The summed E-state index contributed by atoms with van der Waals surface area (Å²) in [5, 5.41) is 17.1. The minimum absolute atomic E-state index is 0.0698. The van der Waals surface area contributed by atoms with Crippen molar-refractivity contribution in [2.24, 2.45) is 5.73 Å². The highest BCUT2D eigenvalue weighted by atomic mass is 32.2. The lowest BCUT2D eigenvalue weighted by atomic mass is 9.93. The molecule has 134 valence electrons. The molecule has 3 heterocycles. The SMILES string of the molecule is NC(=O)c1cn[nH]c1[C@@H]1CCCN(S(=O)(=O)c2ccc([N+](=O)[O-])s2)C1. The van der Waals surface area contributed by atoms with Crippen LogP contribution in [-0.2, 0) is 10.0 Å². The van der Waals surface area contributed by atoms with Crippen molar-refractivity contribution in [3.63, 3.8) is 0 Å². The van der Waals surface area contributed by atoms with Crippen LogP contribution in [-0.4, -0.2) is 46.8 Å². The van der Waals surface area contributed by atoms with Gasteiger partial charge in [-0.3, -0.25) is 20.0 Å². The number of aromatic nitrogens is 2. The second kappa shape index (κ2) is 6.54. The third kappa shape index (κ3) is 3.27. The first-order chi connectivity index (χ1) is 11.8. The van der Waals surface area contributed by atoms with E-state index in [-0.39, 0.29) is 27.2 Å². The van der Waals surface area contributed by atoms with Crippen LogP contribution in [0.15, 0.2) is 22.5 Å². The number of nitro groups is 1. The van der Waals surface area contributed by atoms with E-state index in [9.17, 15) is 23.3 Å². The van der Waals surface area contributed by atoms with Crippen LogP contribution in [0.3, 0.4) is 0 Å². The molecule has 1 amide bonds. The van der Waals surface area contributed by atoms with Gasteiger partial charge in [-0.2, -0.15) is 9.40 Å². The van der Waals surface area contributed by atoms with Gasteiger partial charge in [0.15, 0.2) is 0 Å². The van der Waals surface area contributed by atoms with Gasteiger partial charge in [0.1, 0.15) is 4.21 Å². The second-order valence-corrected chi connectivity index (χ2v) is 8.84. The lowest BCUT2D eigenvalue weighted by Crippen LogP contribution is -2.39. The summed E-state index contributed by atoms with van der Waals surface area (Å²) >= 11 is 0.625. The highest BCUT2D eigenvalue weighted by Crippen LogP contribution is 2.34. The smallest absolute Gasteiger partial charge is 0.325 e. The molecular formula is C13H15N5O5S2. The highest BCUT2D eigenvalue weighted by Gasteiger charge is 2.34. The van der Waals surface area contributed by atoms with E-state index in [0.29, 0.717) is 36.4 Å². The van der Waals surface area contributed by atoms with Gasteiger partial charge in [0.05, 0.1) is 22.4 Å². The molecule has 1 fully saturated rings. The number of amides is 1. The number of nitrogens with one attached hydrogen (secondary N) is 1. The van der Waals surface area contributed by atoms with Gasteiger partial charge in [-0.1, -0.05) is 0 Å². The fraction of sp³-hybridized carbons (Fsp3) is 0.385. The highest BCUT2D eigenvalue weighted by molar-refractivity contribution is 7.91. The van der Waals surface area contributed by atoms with Gasteiger partial charge in [-0.25, -0.2) is 8.42 Å². The predicted octanol–water partition coefficient (Wildman–Crippen LogP) is 1.05. The number of nitrogens with zero attached hydrogens (tertiary/aromatic N) is 3. The van der Waals surface area contributed by atoms with Crippen molar-refractivity contribution in [3.8, 4) is 0 Å². The quantitative estimate of drug-likeness (QED) is 0.579. The van der Waals surface area contributed by atoms with Gasteiger partial charge in [-0.05, 0) is 30.2 Å². The van der Waals surface area contributed by atoms with Crippen LogP contribution in [0.1, 0.15) is 34.8 Å². The average Bonchev–Trinajstić information content (AvgIpc) is 3.24. The molecule has 1 aliphatic heterocycles. The standard InChI is InChI=1S/C13H15N5O5S2/c14-13(19)9-6-15-16-12(9)8-2-1-5-17(7-8)25(22,23)11-4-3-10(24-11)18(20)21/h3-4,6,8H,1-2,5,7H2,(H2,14,19)(H,15,16)/t8-/m1/s1. The number of carbonyl (C=O) groups is 1. The number of rotatable bonds is 5. The van der Waals surface area contributed by atoms with Crippen molar-refractivity contribution in [3.05, 3.63) is 39.7 Å². The van der Waals surface area contributed by atoms with Crippen LogP contribution in [0.2, 0.25) is 0 Å². The number of hydrogen-bond acceptors (Lipinski definition) is 7. The molecule has 0 bridgehead atoms. The summed E-state index contributed by atoms with van der Waals surface area (Å²) in [4.78, 5) is 21.6. The molecule has 1 aliphatic rings. The molecule has 2 aromatic rings. The van der Waals surface area contributed by atoms with Crippen LogP contribution < -0.4 is 5.73 Å². The molecule has 10 nitrogen and oxygen atoms in total. The zero-order chi connectivity index (χ0) is 18.2. The number of sulfonamides is 1. The number of aromatic amines is 1. The molecule has 0 saturated carbocycles. The Morgan fingerprint density at radius 2 is 2.24 bits per heavy atom. The number of nitrogens with two attached hydrogens (primary N) is 1. The Morgan fingerprint density at radius 3 is 2.88 bits per heavy atom. The van der Waals surface area contributed by atoms with Crippen LogP contribution >= 0.6 is 11.3 Å². The van der Waals surface area contributed by atoms with Crippen molar-refractivity contribution in [2.75, 3.05) is 13.1 Å². The first-order valence-electron chi connectivity index (χ1n) is 7.38. The lowest BCUT2D eigenvalue weighted by Gasteiger charge is -2.31. The summed E-state index contributed by atoms with van der Waals surface area (Å²) in [7, 11) is -3.83. The molecule has 0 aliphatic carbocycles. The fourth-order valence-electron chi connectivity index (χ4n) is 2.87. The van der Waals surface area contributed by atoms with Gasteiger partial charge < -0.3 is 5.73 Å². The Labute approximate surface area is 146 Å². The zero-order valence-electron chi connectivity index (χ0n) is 12.9. The van der Waals surface area contributed by atoms with Crippen LogP contribution in [0.25, 0.3) is 0 Å². The van der Waals surface area contributed by atoms with Crippen LogP contribution in [0.4, 0.5) is 5.00 Å². The summed E-state index contributed by atoms with van der Waals surface area (Å²) in [5.74, 6) is -0.874. The van der Waals surface area contributed by atoms with E-state index < -0.39 is 20.9 Å². The third-order valence-corrected chi connectivity index (χ3v) is 7.44. The molecule has 1 saturated heterocycles. The number of piperidine rings is 1. The molecule has 0 radical (unpaired) electrons. The average molecular weight is 385 g/mol. The topological polar surface area (TPSA) is 152 Å². The van der Waals surface area contributed by atoms with E-state index in [1.165, 1.54) is 22.6 Å². The summed E-state index contributed by atoms with van der Waals surface area (Å²) < 4.78 is 26.7. The number of hydrogen-bond donors (Lipinski definition) is 2. The molecule has 3 rings (SSSR count). The van der Waals surface area contributed by atoms with Crippen molar-refractivity contribution >= 4 is 32.3 Å². The van der Waals surface area contributed by atoms with E-state index >= 15 is 0 Å². The Morgan fingerprint density at radius 1 is 1.48 bits per heavy atom. The van der Waals surface area contributed by atoms with Crippen molar-refractivity contribution < 1.29 is 18.1 Å². The minimum Gasteiger partial charge on any atom is -0.365 e. The molecule has 1 atom stereocenters. The Kier molecular flexibility index (Phi) is 4.58. The lowest BCUT2D eigenvalue weighted by molar-refractivity contribution is -0.380. The monoisotopic (exact) mass is 385 g/mol. The van der Waals surface area contributed by atoms with Crippen LogP contribution in [0.5, 0.6) is 0 Å². The van der Waals surface area contributed by atoms with E-state index in [1.54, 1.807) is 0 Å². The molecule has 0 spiro atoms. The van der Waals surface area contributed by atoms with Gasteiger partial charge in [0.25, 0.3) is 15.9 Å². The van der Waals surface area contributed by atoms with E-state index in [0.717, 1.165) is 0 Å². The van der Waals surface area contributed by atoms with Gasteiger partial charge in [0.2, 0.25) is 0 Å². The zero-order valence-corrected chi connectivity index (χ0v) is 14.5. The largest absolute Gasteiger partial charge is 0.365 e. The third-order valence-electron chi connectivity index (χ3n) is 4.07. The van der Waals surface area contributed by atoms with Crippen molar-refractivity contribution in [1.82, 2.24) is 14.5 Å². The maximum Gasteiger partial charge on any atom is 0.325 e. The molecule has 3 N–H and O–H groups in total. The number of thiophene rings is 1. The first kappa shape index (κ1) is 17.5. The second-order valence-electron chi connectivity index (χ2n) is 5.61. The van der Waals surface area contributed by atoms with E-state index in [4.69, 9.17) is 5.73 Å². The fourth-order valence-corrected chi connectivity index (χ4v) is 5.66. The Balaban J connectivity index is 1.86. The van der Waals surface area contributed by atoms with Gasteiger partial charge in [0, 0.05) is 25.1 Å². The first-order valence-corrected chi connectivity index (χ1v) is 9.64. The minimum atomic E-state index is -3.83. The Hall–Kier alpha value is -2.31. The number of carbonyl (C=O) groups excluding carboxylic acids is 1. The summed E-state index contributed by atoms with van der Waals surface area (Å²) in [6.45, 7) is 0.459. The molecular weight excluding hydrogens is 370 g/mol. The maximum atomic E-state index is 12.8. The Bertz CT molecular complexity index is 919. The van der Waals surface area contributed by atoms with Crippen molar-refractivity contribution in [1.29, 1.82) is 0 Å². The number of H-pyrrole nitrogens is 1. The summed E-state index contributed by atoms with van der Waals surface area (Å²) in [6.07, 6.45) is 2.60. The predicted molar refractivity (Wildman–Crippen MR) is 88.8 cm³/mol. The van der Waals surface area contributed by atoms with E-state index in [1.807, 2.05) is 0 Å². The summed E-state index contributed by atoms with van der Waals surface area (Å²) in [6, 6.07) is 2.42. The normalized spacial score (nSPS) is 19.0. The molecule has 25 heavy (non-hydrogen) atoms. The van der Waals surface area contributed by atoms with Gasteiger partial charge >= 0.3 is 5.00 Å². The van der Waals surface area contributed by atoms with E-state index in [2.05, 4.69) is 10.2 Å². The maximum absolute atomic E-state index is 12.8. The van der Waals surface area contributed by atoms with Gasteiger partial charge in [-0.15, -0.1) is 0 Å². The summed E-state index contributed by atoms with van der Waals surface area (Å²) in [5.41, 5.74) is 6.08. The molecule has 12 heteroatoms. The number of primary amides is 1. The molecule has 0 unspecified atom stereocenters. The molecule has 2 aromatic heterocycles. The van der Waals surface area contributed by atoms with Crippen LogP contribution in [0, 0.1) is 10.1 Å². The van der Waals surface area contributed by atoms with Crippen molar-refractivity contribution in [2.45, 2.75) is 23.0 Å².